The van der Waals surface area contributed by atoms with Crippen molar-refractivity contribution in [2.24, 2.45) is 5.92 Å². The van der Waals surface area contributed by atoms with Crippen molar-refractivity contribution in [3.05, 3.63) is 34.9 Å². The molecule has 1 N–H and O–H groups in total. The van der Waals surface area contributed by atoms with E-state index in [0.717, 1.165) is 31.6 Å². The zero-order valence-corrected chi connectivity index (χ0v) is 11.8. The maximum absolute atomic E-state index is 12.7. The summed E-state index contributed by atoms with van der Waals surface area (Å²) in [7, 11) is 0. The molecule has 0 aliphatic carbocycles. The topological polar surface area (TPSA) is 32.3 Å². The predicted octanol–water partition coefficient (Wildman–Crippen LogP) is 2.55. The first kappa shape index (κ1) is 12.7. The Kier molecular flexibility index (Phi) is 3.31. The molecule has 2 aliphatic rings. The second-order valence-corrected chi connectivity index (χ2v) is 5.95. The molecule has 0 saturated carbocycles. The Bertz CT molecular complexity index is 498. The van der Waals surface area contributed by atoms with Crippen LogP contribution in [0.4, 0.5) is 0 Å². The summed E-state index contributed by atoms with van der Waals surface area (Å²) in [6.07, 6.45) is 2.36. The molecule has 0 aromatic heterocycles. The molecule has 102 valence electrons. The molecular formula is C16H22N2O. The maximum Gasteiger partial charge on any atom is 0.254 e. The second kappa shape index (κ2) is 4.97. The number of hydrogen-bond acceptors (Lipinski definition) is 2. The SMILES string of the molecule is CC1CCCN(C(=O)c2ccc3c(c2)CNC3)C1C. The minimum absolute atomic E-state index is 0.203. The molecular weight excluding hydrogens is 236 g/mol. The van der Waals surface area contributed by atoms with Gasteiger partial charge in [0, 0.05) is 31.2 Å². The lowest BCUT2D eigenvalue weighted by atomic mass is 9.91. The summed E-state index contributed by atoms with van der Waals surface area (Å²) in [4.78, 5) is 14.7. The average molecular weight is 258 g/mol. The normalized spacial score (nSPS) is 26.3. The number of benzene rings is 1. The van der Waals surface area contributed by atoms with Gasteiger partial charge < -0.3 is 10.2 Å². The van der Waals surface area contributed by atoms with Crippen LogP contribution in [0.5, 0.6) is 0 Å². The Labute approximate surface area is 115 Å². The summed E-state index contributed by atoms with van der Waals surface area (Å²) in [5, 5.41) is 3.32. The number of nitrogens with one attached hydrogen (secondary N) is 1. The van der Waals surface area contributed by atoms with E-state index in [4.69, 9.17) is 0 Å². The van der Waals surface area contributed by atoms with Crippen molar-refractivity contribution in [3.8, 4) is 0 Å². The quantitative estimate of drug-likeness (QED) is 0.839. The lowest BCUT2D eigenvalue weighted by Gasteiger charge is -2.38. The molecule has 2 atom stereocenters. The van der Waals surface area contributed by atoms with Gasteiger partial charge in [0.05, 0.1) is 0 Å². The van der Waals surface area contributed by atoms with Crippen LogP contribution >= 0.6 is 0 Å². The van der Waals surface area contributed by atoms with Crippen molar-refractivity contribution in [1.82, 2.24) is 10.2 Å². The van der Waals surface area contributed by atoms with Gasteiger partial charge in [0.2, 0.25) is 0 Å². The molecule has 3 rings (SSSR count). The van der Waals surface area contributed by atoms with Crippen LogP contribution in [-0.4, -0.2) is 23.4 Å². The highest BCUT2D eigenvalue weighted by molar-refractivity contribution is 5.94. The molecule has 0 radical (unpaired) electrons. The molecule has 1 aromatic rings. The first-order valence-electron chi connectivity index (χ1n) is 7.30. The number of amides is 1. The number of hydrogen-bond donors (Lipinski definition) is 1. The highest BCUT2D eigenvalue weighted by Crippen LogP contribution is 2.25. The van der Waals surface area contributed by atoms with E-state index >= 15 is 0 Å². The van der Waals surface area contributed by atoms with Gasteiger partial charge in [-0.3, -0.25) is 4.79 Å². The Balaban J connectivity index is 1.83. The summed E-state index contributed by atoms with van der Waals surface area (Å²) in [6.45, 7) is 7.15. The molecule has 2 unspecified atom stereocenters. The minimum atomic E-state index is 0.203. The fourth-order valence-electron chi connectivity index (χ4n) is 3.22. The van der Waals surface area contributed by atoms with Crippen LogP contribution in [0.15, 0.2) is 18.2 Å². The van der Waals surface area contributed by atoms with Gasteiger partial charge in [-0.05, 0) is 48.9 Å². The summed E-state index contributed by atoms with van der Waals surface area (Å²) < 4.78 is 0. The van der Waals surface area contributed by atoms with Crippen LogP contribution in [0.2, 0.25) is 0 Å². The lowest BCUT2D eigenvalue weighted by molar-refractivity contribution is 0.0551. The predicted molar refractivity (Wildman–Crippen MR) is 75.9 cm³/mol. The number of rotatable bonds is 1. The highest BCUT2D eigenvalue weighted by atomic mass is 16.2. The molecule has 3 heteroatoms. The molecule has 2 aliphatic heterocycles. The molecule has 1 amide bonds. The Hall–Kier alpha value is -1.35. The van der Waals surface area contributed by atoms with Crippen LogP contribution in [0.1, 0.15) is 48.2 Å². The van der Waals surface area contributed by atoms with E-state index in [1.165, 1.54) is 17.5 Å². The largest absolute Gasteiger partial charge is 0.336 e. The van der Waals surface area contributed by atoms with Crippen molar-refractivity contribution >= 4 is 5.91 Å². The van der Waals surface area contributed by atoms with Crippen molar-refractivity contribution in [2.45, 2.75) is 45.8 Å². The van der Waals surface area contributed by atoms with Crippen molar-refractivity contribution in [2.75, 3.05) is 6.54 Å². The van der Waals surface area contributed by atoms with E-state index in [-0.39, 0.29) is 5.91 Å². The van der Waals surface area contributed by atoms with Gasteiger partial charge in [-0.2, -0.15) is 0 Å². The first-order chi connectivity index (χ1) is 9.16. The van der Waals surface area contributed by atoms with E-state index in [1.807, 2.05) is 6.07 Å². The summed E-state index contributed by atoms with van der Waals surface area (Å²) >= 11 is 0. The fraction of sp³-hybridized carbons (Fsp3) is 0.562. The molecule has 2 heterocycles. The highest BCUT2D eigenvalue weighted by Gasteiger charge is 2.29. The summed E-state index contributed by atoms with van der Waals surface area (Å²) in [5.41, 5.74) is 3.46. The molecule has 0 bridgehead atoms. The van der Waals surface area contributed by atoms with E-state index in [1.54, 1.807) is 0 Å². The van der Waals surface area contributed by atoms with E-state index in [2.05, 4.69) is 36.2 Å². The molecule has 3 nitrogen and oxygen atoms in total. The van der Waals surface area contributed by atoms with E-state index < -0.39 is 0 Å². The fourth-order valence-corrected chi connectivity index (χ4v) is 3.22. The molecule has 1 saturated heterocycles. The van der Waals surface area contributed by atoms with Gasteiger partial charge in [-0.1, -0.05) is 13.0 Å². The third kappa shape index (κ3) is 2.27. The first-order valence-corrected chi connectivity index (χ1v) is 7.30. The monoisotopic (exact) mass is 258 g/mol. The number of piperidine rings is 1. The third-order valence-corrected chi connectivity index (χ3v) is 4.72. The van der Waals surface area contributed by atoms with Gasteiger partial charge in [0.25, 0.3) is 5.91 Å². The van der Waals surface area contributed by atoms with Crippen LogP contribution in [0.25, 0.3) is 0 Å². The van der Waals surface area contributed by atoms with E-state index in [0.29, 0.717) is 12.0 Å². The average Bonchev–Trinajstić information content (AvgIpc) is 2.88. The number of likely N-dealkylation sites (tertiary alicyclic amines) is 1. The maximum atomic E-state index is 12.7. The zero-order chi connectivity index (χ0) is 13.4. The van der Waals surface area contributed by atoms with Crippen molar-refractivity contribution in [3.63, 3.8) is 0 Å². The number of fused-ring (bicyclic) bond motifs is 1. The molecule has 1 aromatic carbocycles. The second-order valence-electron chi connectivity index (χ2n) is 5.95. The van der Waals surface area contributed by atoms with Gasteiger partial charge in [0.1, 0.15) is 0 Å². The van der Waals surface area contributed by atoms with Crippen LogP contribution in [0.3, 0.4) is 0 Å². The zero-order valence-electron chi connectivity index (χ0n) is 11.8. The Morgan fingerprint density at radius 3 is 2.89 bits per heavy atom. The standard InChI is InChI=1S/C16H22N2O/c1-11-4-3-7-18(12(11)2)16(19)13-5-6-14-9-17-10-15(14)8-13/h5-6,8,11-12,17H,3-4,7,9-10H2,1-2H3. The Morgan fingerprint density at radius 1 is 1.26 bits per heavy atom. The summed E-state index contributed by atoms with van der Waals surface area (Å²) in [5.74, 6) is 0.808. The molecule has 0 spiro atoms. The Morgan fingerprint density at radius 2 is 2.05 bits per heavy atom. The van der Waals surface area contributed by atoms with Crippen LogP contribution in [0, 0.1) is 5.92 Å². The number of carbonyl (C=O) groups excluding carboxylic acids is 1. The van der Waals surface area contributed by atoms with Gasteiger partial charge in [0.15, 0.2) is 0 Å². The lowest BCUT2D eigenvalue weighted by Crippen LogP contribution is -2.46. The number of nitrogens with zero attached hydrogens (tertiary/aromatic N) is 1. The van der Waals surface area contributed by atoms with Crippen LogP contribution in [-0.2, 0) is 13.1 Å². The minimum Gasteiger partial charge on any atom is -0.336 e. The van der Waals surface area contributed by atoms with Crippen molar-refractivity contribution < 1.29 is 4.79 Å². The molecule has 19 heavy (non-hydrogen) atoms. The molecule has 1 fully saturated rings. The third-order valence-electron chi connectivity index (χ3n) is 4.72. The van der Waals surface area contributed by atoms with Gasteiger partial charge in [-0.25, -0.2) is 0 Å². The van der Waals surface area contributed by atoms with E-state index in [9.17, 15) is 4.79 Å². The van der Waals surface area contributed by atoms with Gasteiger partial charge >= 0.3 is 0 Å². The summed E-state index contributed by atoms with van der Waals surface area (Å²) in [6, 6.07) is 6.51. The van der Waals surface area contributed by atoms with Crippen molar-refractivity contribution in [1.29, 1.82) is 0 Å². The van der Waals surface area contributed by atoms with Gasteiger partial charge in [-0.15, -0.1) is 0 Å². The number of carbonyl (C=O) groups is 1. The smallest absolute Gasteiger partial charge is 0.254 e. The van der Waals surface area contributed by atoms with Crippen LogP contribution < -0.4 is 5.32 Å².